The lowest BCUT2D eigenvalue weighted by Crippen LogP contribution is -2.33. The molecule has 2 atom stereocenters. The Kier molecular flexibility index (Phi) is 4.60. The monoisotopic (exact) mass is 282 g/mol. The first kappa shape index (κ1) is 14.5. The summed E-state index contributed by atoms with van der Waals surface area (Å²) in [5.41, 5.74) is 6.50. The molecule has 1 fully saturated rings. The highest BCUT2D eigenvalue weighted by molar-refractivity contribution is 7.89. The maximum atomic E-state index is 12.4. The molecular weight excluding hydrogens is 260 g/mol. The molecule has 0 amide bonds. The SMILES string of the molecule is CCc1ccccc1S(=O)(=O)NC1CCC(CN)C1. The highest BCUT2D eigenvalue weighted by Gasteiger charge is 2.28. The van der Waals surface area contributed by atoms with Gasteiger partial charge in [0, 0.05) is 6.04 Å². The van der Waals surface area contributed by atoms with Crippen molar-refractivity contribution >= 4 is 10.0 Å². The van der Waals surface area contributed by atoms with E-state index in [1.54, 1.807) is 12.1 Å². The van der Waals surface area contributed by atoms with Crippen molar-refractivity contribution in [2.45, 2.75) is 43.5 Å². The van der Waals surface area contributed by atoms with Crippen LogP contribution in [0.3, 0.4) is 0 Å². The van der Waals surface area contributed by atoms with Gasteiger partial charge in [-0.05, 0) is 49.8 Å². The van der Waals surface area contributed by atoms with Gasteiger partial charge in [0.15, 0.2) is 0 Å². The van der Waals surface area contributed by atoms with Crippen molar-refractivity contribution in [3.05, 3.63) is 29.8 Å². The van der Waals surface area contributed by atoms with E-state index in [1.165, 1.54) is 0 Å². The molecule has 1 aliphatic rings. The normalized spacial score (nSPS) is 23.7. The van der Waals surface area contributed by atoms with Crippen LogP contribution in [0.5, 0.6) is 0 Å². The molecule has 19 heavy (non-hydrogen) atoms. The molecule has 1 aromatic carbocycles. The number of rotatable bonds is 5. The summed E-state index contributed by atoms with van der Waals surface area (Å²) in [5.74, 6) is 0.453. The van der Waals surface area contributed by atoms with E-state index in [2.05, 4.69) is 4.72 Å². The molecule has 1 aromatic rings. The molecule has 5 heteroatoms. The van der Waals surface area contributed by atoms with Crippen molar-refractivity contribution in [2.75, 3.05) is 6.54 Å². The van der Waals surface area contributed by atoms with Crippen molar-refractivity contribution < 1.29 is 8.42 Å². The Balaban J connectivity index is 2.15. The van der Waals surface area contributed by atoms with E-state index >= 15 is 0 Å². The molecule has 0 heterocycles. The second kappa shape index (κ2) is 6.03. The fourth-order valence-electron chi connectivity index (χ4n) is 2.74. The Morgan fingerprint density at radius 2 is 2.05 bits per heavy atom. The van der Waals surface area contributed by atoms with Crippen LogP contribution in [0.15, 0.2) is 29.2 Å². The zero-order chi connectivity index (χ0) is 13.9. The van der Waals surface area contributed by atoms with Crippen LogP contribution in [0.4, 0.5) is 0 Å². The number of hydrogen-bond donors (Lipinski definition) is 2. The summed E-state index contributed by atoms with van der Waals surface area (Å²) in [6, 6.07) is 7.22. The van der Waals surface area contributed by atoms with Crippen LogP contribution < -0.4 is 10.5 Å². The molecule has 0 radical (unpaired) electrons. The van der Waals surface area contributed by atoms with Gasteiger partial charge in [-0.1, -0.05) is 25.1 Å². The third-order valence-electron chi connectivity index (χ3n) is 3.84. The van der Waals surface area contributed by atoms with E-state index in [-0.39, 0.29) is 6.04 Å². The van der Waals surface area contributed by atoms with E-state index in [9.17, 15) is 8.42 Å². The lowest BCUT2D eigenvalue weighted by atomic mass is 10.1. The fourth-order valence-corrected chi connectivity index (χ4v) is 4.33. The number of aryl methyl sites for hydroxylation is 1. The minimum absolute atomic E-state index is 0.0310. The van der Waals surface area contributed by atoms with E-state index in [4.69, 9.17) is 5.73 Å². The Morgan fingerprint density at radius 3 is 2.68 bits per heavy atom. The van der Waals surface area contributed by atoms with Crippen molar-refractivity contribution in [2.24, 2.45) is 11.7 Å². The average molecular weight is 282 g/mol. The lowest BCUT2D eigenvalue weighted by molar-refractivity contribution is 0.522. The summed E-state index contributed by atoms with van der Waals surface area (Å²) in [6.07, 6.45) is 3.46. The van der Waals surface area contributed by atoms with Crippen molar-refractivity contribution in [1.82, 2.24) is 4.72 Å². The molecule has 0 aromatic heterocycles. The molecule has 4 nitrogen and oxygen atoms in total. The van der Waals surface area contributed by atoms with E-state index < -0.39 is 10.0 Å². The predicted octanol–water partition coefficient (Wildman–Crippen LogP) is 1.65. The maximum Gasteiger partial charge on any atom is 0.241 e. The van der Waals surface area contributed by atoms with Crippen LogP contribution in [0, 0.1) is 5.92 Å². The summed E-state index contributed by atoms with van der Waals surface area (Å²) in [4.78, 5) is 0.411. The van der Waals surface area contributed by atoms with Crippen LogP contribution in [0.1, 0.15) is 31.7 Å². The van der Waals surface area contributed by atoms with Crippen molar-refractivity contribution in [3.63, 3.8) is 0 Å². The zero-order valence-corrected chi connectivity index (χ0v) is 12.1. The minimum Gasteiger partial charge on any atom is -0.330 e. The average Bonchev–Trinajstić information content (AvgIpc) is 2.85. The number of hydrogen-bond acceptors (Lipinski definition) is 3. The quantitative estimate of drug-likeness (QED) is 0.862. The first-order valence-corrected chi connectivity index (χ1v) is 8.35. The summed E-state index contributed by atoms with van der Waals surface area (Å²) in [5, 5.41) is 0. The van der Waals surface area contributed by atoms with Crippen LogP contribution in [-0.4, -0.2) is 21.0 Å². The molecule has 106 valence electrons. The predicted molar refractivity (Wildman–Crippen MR) is 76.3 cm³/mol. The van der Waals surface area contributed by atoms with Gasteiger partial charge in [-0.2, -0.15) is 0 Å². The summed E-state index contributed by atoms with van der Waals surface area (Å²) >= 11 is 0. The molecule has 2 unspecified atom stereocenters. The van der Waals surface area contributed by atoms with Crippen molar-refractivity contribution in [3.8, 4) is 0 Å². The second-order valence-corrected chi connectivity index (χ2v) is 6.88. The molecule has 0 saturated heterocycles. The Bertz CT molecular complexity index is 528. The van der Waals surface area contributed by atoms with E-state index in [1.807, 2.05) is 19.1 Å². The van der Waals surface area contributed by atoms with Gasteiger partial charge in [-0.3, -0.25) is 0 Å². The summed E-state index contributed by atoms with van der Waals surface area (Å²) in [7, 11) is -3.41. The Hall–Kier alpha value is -0.910. The molecule has 1 saturated carbocycles. The van der Waals surface area contributed by atoms with Gasteiger partial charge in [-0.15, -0.1) is 0 Å². The second-order valence-electron chi connectivity index (χ2n) is 5.19. The fraction of sp³-hybridized carbons (Fsp3) is 0.571. The summed E-state index contributed by atoms with van der Waals surface area (Å²) < 4.78 is 27.7. The van der Waals surface area contributed by atoms with Gasteiger partial charge in [0.1, 0.15) is 0 Å². The molecule has 0 bridgehead atoms. The van der Waals surface area contributed by atoms with Crippen LogP contribution >= 0.6 is 0 Å². The first-order chi connectivity index (χ1) is 9.06. The Labute approximate surface area is 115 Å². The van der Waals surface area contributed by atoms with Crippen LogP contribution in [-0.2, 0) is 16.4 Å². The standard InChI is InChI=1S/C14H22N2O2S/c1-2-12-5-3-4-6-14(12)19(17,18)16-13-8-7-11(9-13)10-15/h3-6,11,13,16H,2,7-10,15H2,1H3. The number of nitrogens with two attached hydrogens (primary N) is 1. The third kappa shape index (κ3) is 3.35. The maximum absolute atomic E-state index is 12.4. The van der Waals surface area contributed by atoms with Gasteiger partial charge in [0.25, 0.3) is 0 Å². The largest absolute Gasteiger partial charge is 0.330 e. The van der Waals surface area contributed by atoms with Crippen LogP contribution in [0.25, 0.3) is 0 Å². The third-order valence-corrected chi connectivity index (χ3v) is 5.46. The molecule has 2 rings (SSSR count). The summed E-state index contributed by atoms with van der Waals surface area (Å²) in [6.45, 7) is 2.61. The van der Waals surface area contributed by atoms with E-state index in [0.29, 0.717) is 23.8 Å². The Morgan fingerprint density at radius 1 is 1.32 bits per heavy atom. The molecule has 0 spiro atoms. The van der Waals surface area contributed by atoms with Gasteiger partial charge in [-0.25, -0.2) is 13.1 Å². The van der Waals surface area contributed by atoms with Gasteiger partial charge >= 0.3 is 0 Å². The van der Waals surface area contributed by atoms with Crippen LogP contribution in [0.2, 0.25) is 0 Å². The number of sulfonamides is 1. The minimum atomic E-state index is -3.41. The molecular formula is C14H22N2O2S. The molecule has 1 aliphatic carbocycles. The van der Waals surface area contributed by atoms with Gasteiger partial charge < -0.3 is 5.73 Å². The van der Waals surface area contributed by atoms with Crippen molar-refractivity contribution in [1.29, 1.82) is 0 Å². The van der Waals surface area contributed by atoms with Gasteiger partial charge in [0.05, 0.1) is 4.90 Å². The van der Waals surface area contributed by atoms with E-state index in [0.717, 1.165) is 24.8 Å². The number of nitrogens with one attached hydrogen (secondary N) is 1. The molecule has 3 N–H and O–H groups in total. The zero-order valence-electron chi connectivity index (χ0n) is 11.3. The number of benzene rings is 1. The lowest BCUT2D eigenvalue weighted by Gasteiger charge is -2.15. The topological polar surface area (TPSA) is 72.2 Å². The first-order valence-electron chi connectivity index (χ1n) is 6.87. The highest BCUT2D eigenvalue weighted by atomic mass is 32.2. The van der Waals surface area contributed by atoms with Gasteiger partial charge in [0.2, 0.25) is 10.0 Å². The molecule has 0 aliphatic heterocycles. The highest BCUT2D eigenvalue weighted by Crippen LogP contribution is 2.26. The smallest absolute Gasteiger partial charge is 0.241 e.